The molecule has 2 fully saturated rings. The van der Waals surface area contributed by atoms with E-state index in [-0.39, 0.29) is 52.0 Å². The second-order valence-corrected chi connectivity index (χ2v) is 9.59. The Morgan fingerprint density at radius 1 is 1.33 bits per heavy atom. The fourth-order valence-corrected chi connectivity index (χ4v) is 4.74. The third kappa shape index (κ3) is 3.78. The number of anilines is 1. The molecular formula is C24H18ClF2N7O2. The number of carbonyl (C=O) groups is 2. The van der Waals surface area contributed by atoms with E-state index in [2.05, 4.69) is 25.5 Å². The number of Topliss-reactive ketones (excluding diaryl/α,β-unsaturated/α-hetero) is 1. The molecule has 1 amide bonds. The molecule has 1 unspecified atom stereocenters. The number of benzene rings is 1. The van der Waals surface area contributed by atoms with Gasteiger partial charge in [-0.25, -0.2) is 13.8 Å². The number of H-pyrrole nitrogens is 1. The van der Waals surface area contributed by atoms with Crippen LogP contribution in [0, 0.1) is 29.0 Å². The number of nitriles is 1. The monoisotopic (exact) mass is 509 g/mol. The van der Waals surface area contributed by atoms with E-state index in [4.69, 9.17) is 11.6 Å². The zero-order valence-corrected chi connectivity index (χ0v) is 19.4. The molecule has 2 N–H and O–H groups in total. The maximum absolute atomic E-state index is 15.7. The molecule has 0 saturated heterocycles. The van der Waals surface area contributed by atoms with Crippen LogP contribution in [0.5, 0.6) is 0 Å². The smallest absolute Gasteiger partial charge is 0.231 e. The van der Waals surface area contributed by atoms with Crippen molar-refractivity contribution in [2.75, 3.05) is 5.32 Å². The van der Waals surface area contributed by atoms with Crippen LogP contribution in [-0.2, 0) is 9.59 Å². The SMILES string of the molecule is N#CC(CC(=O)C1CC1)c1c(F)c(Cl)c(-c2cn3cc(NC(=O)[C@@H]4C[C@@H]4F)nc3cn2)c2cn[nH]c12. The first-order chi connectivity index (χ1) is 17.4. The summed E-state index contributed by atoms with van der Waals surface area (Å²) in [7, 11) is 0. The first-order valence-corrected chi connectivity index (χ1v) is 11.8. The number of fused-ring (bicyclic) bond motifs is 2. The molecule has 3 atom stereocenters. The van der Waals surface area contributed by atoms with Crippen LogP contribution in [0.25, 0.3) is 27.8 Å². The summed E-state index contributed by atoms with van der Waals surface area (Å²) in [5.41, 5.74) is 1.24. The zero-order chi connectivity index (χ0) is 25.1. The van der Waals surface area contributed by atoms with Crippen LogP contribution in [0.3, 0.4) is 0 Å². The van der Waals surface area contributed by atoms with Crippen LogP contribution in [0.4, 0.5) is 14.6 Å². The van der Waals surface area contributed by atoms with Crippen LogP contribution < -0.4 is 5.32 Å². The van der Waals surface area contributed by atoms with Gasteiger partial charge in [-0.15, -0.1) is 0 Å². The van der Waals surface area contributed by atoms with Crippen molar-refractivity contribution in [3.05, 3.63) is 41.2 Å². The average molecular weight is 510 g/mol. The standard InChI is InChI=1S/C24H18ClF2N7O2/c25-21-20(15-8-34-9-17(31-18(34)7-29-15)32-24(36)12-4-14(12)26)13-6-30-33-23(13)19(22(21)27)11(5-28)3-16(35)10-1-2-10/h6-12,14H,1-4H2,(H,30,33)(H,32,36)/t11?,12-,14+/m1/s1. The number of hydrogen-bond acceptors (Lipinski definition) is 6. The molecule has 2 aliphatic rings. The summed E-state index contributed by atoms with van der Waals surface area (Å²) in [6.07, 6.45) is 6.57. The highest BCUT2D eigenvalue weighted by Gasteiger charge is 2.43. The number of nitrogens with one attached hydrogen (secondary N) is 2. The second-order valence-electron chi connectivity index (χ2n) is 9.21. The van der Waals surface area contributed by atoms with Gasteiger partial charge < -0.3 is 9.72 Å². The molecule has 4 aromatic rings. The van der Waals surface area contributed by atoms with Crippen molar-refractivity contribution < 1.29 is 18.4 Å². The van der Waals surface area contributed by atoms with Gasteiger partial charge in [-0.2, -0.15) is 10.4 Å². The molecular weight excluding hydrogens is 492 g/mol. The summed E-state index contributed by atoms with van der Waals surface area (Å²) in [6, 6.07) is 2.05. The van der Waals surface area contributed by atoms with Gasteiger partial charge in [0.05, 0.1) is 52.7 Å². The maximum Gasteiger partial charge on any atom is 0.231 e. The van der Waals surface area contributed by atoms with E-state index in [1.165, 1.54) is 18.6 Å². The van der Waals surface area contributed by atoms with E-state index in [9.17, 15) is 19.2 Å². The fourth-order valence-electron chi connectivity index (χ4n) is 4.44. The third-order valence-corrected chi connectivity index (χ3v) is 7.02. The molecule has 36 heavy (non-hydrogen) atoms. The topological polar surface area (TPSA) is 129 Å². The summed E-state index contributed by atoms with van der Waals surface area (Å²) < 4.78 is 30.4. The lowest BCUT2D eigenvalue weighted by atomic mass is 9.90. The van der Waals surface area contributed by atoms with E-state index in [1.54, 1.807) is 10.6 Å². The normalized spacial score (nSPS) is 19.8. The predicted octanol–water partition coefficient (Wildman–Crippen LogP) is 4.34. The van der Waals surface area contributed by atoms with Gasteiger partial charge in [-0.3, -0.25) is 19.7 Å². The van der Waals surface area contributed by atoms with Crippen molar-refractivity contribution in [1.82, 2.24) is 24.6 Å². The number of ketones is 1. The van der Waals surface area contributed by atoms with Gasteiger partial charge in [-0.05, 0) is 19.3 Å². The highest BCUT2D eigenvalue weighted by molar-refractivity contribution is 6.35. The van der Waals surface area contributed by atoms with Crippen molar-refractivity contribution in [2.45, 2.75) is 37.8 Å². The molecule has 12 heteroatoms. The van der Waals surface area contributed by atoms with Gasteiger partial charge in [0.15, 0.2) is 11.5 Å². The number of amides is 1. The van der Waals surface area contributed by atoms with E-state index in [0.29, 0.717) is 16.7 Å². The lowest BCUT2D eigenvalue weighted by molar-refractivity contribution is -0.120. The molecule has 2 saturated carbocycles. The molecule has 0 radical (unpaired) electrons. The number of carbonyl (C=O) groups excluding carboxylic acids is 2. The number of halogens is 3. The Morgan fingerprint density at radius 3 is 2.81 bits per heavy atom. The van der Waals surface area contributed by atoms with Crippen LogP contribution in [0.1, 0.15) is 37.2 Å². The van der Waals surface area contributed by atoms with Crippen LogP contribution in [0.2, 0.25) is 5.02 Å². The highest BCUT2D eigenvalue weighted by atomic mass is 35.5. The quantitative estimate of drug-likeness (QED) is 0.381. The Hall–Kier alpha value is -3.91. The molecule has 1 aromatic carbocycles. The molecule has 0 bridgehead atoms. The Labute approximate surface area is 207 Å². The first-order valence-electron chi connectivity index (χ1n) is 11.4. The van der Waals surface area contributed by atoms with Crippen molar-refractivity contribution in [1.29, 1.82) is 5.26 Å². The minimum absolute atomic E-state index is 0.00713. The summed E-state index contributed by atoms with van der Waals surface area (Å²) in [4.78, 5) is 33.0. The highest BCUT2D eigenvalue weighted by Crippen LogP contribution is 2.42. The van der Waals surface area contributed by atoms with Crippen LogP contribution >= 0.6 is 11.6 Å². The largest absolute Gasteiger partial charge is 0.309 e. The second kappa shape index (κ2) is 8.34. The summed E-state index contributed by atoms with van der Waals surface area (Å²) in [6.45, 7) is 0. The molecule has 2 aliphatic carbocycles. The maximum atomic E-state index is 15.7. The Kier molecular flexibility index (Phi) is 5.22. The number of alkyl halides is 1. The summed E-state index contributed by atoms with van der Waals surface area (Å²) in [5.74, 6) is -2.81. The Morgan fingerprint density at radius 2 is 2.11 bits per heavy atom. The number of imidazole rings is 1. The number of aromatic nitrogens is 5. The van der Waals surface area contributed by atoms with Crippen molar-refractivity contribution in [3.8, 4) is 17.3 Å². The van der Waals surface area contributed by atoms with Gasteiger partial charge in [0, 0.05) is 35.0 Å². The van der Waals surface area contributed by atoms with Crippen LogP contribution in [0.15, 0.2) is 24.8 Å². The van der Waals surface area contributed by atoms with Gasteiger partial charge in [0.2, 0.25) is 5.91 Å². The van der Waals surface area contributed by atoms with E-state index in [1.807, 2.05) is 6.07 Å². The van der Waals surface area contributed by atoms with E-state index >= 15 is 4.39 Å². The van der Waals surface area contributed by atoms with E-state index < -0.39 is 29.7 Å². The van der Waals surface area contributed by atoms with Crippen LogP contribution in [-0.4, -0.2) is 42.4 Å². The van der Waals surface area contributed by atoms with Gasteiger partial charge in [0.25, 0.3) is 0 Å². The average Bonchev–Trinajstić information content (AvgIpc) is 3.75. The summed E-state index contributed by atoms with van der Waals surface area (Å²) in [5, 5.41) is 19.3. The number of aromatic amines is 1. The minimum Gasteiger partial charge on any atom is -0.309 e. The molecule has 6 rings (SSSR count). The zero-order valence-electron chi connectivity index (χ0n) is 18.6. The number of hydrogen-bond donors (Lipinski definition) is 2. The molecule has 182 valence electrons. The molecule has 3 heterocycles. The van der Waals surface area contributed by atoms with Gasteiger partial charge in [0.1, 0.15) is 17.8 Å². The van der Waals surface area contributed by atoms with Gasteiger partial charge in [-0.1, -0.05) is 11.6 Å². The lowest BCUT2D eigenvalue weighted by Gasteiger charge is -2.15. The molecule has 9 nitrogen and oxygen atoms in total. The molecule has 3 aromatic heterocycles. The number of nitrogens with zero attached hydrogens (tertiary/aromatic N) is 5. The van der Waals surface area contributed by atoms with E-state index in [0.717, 1.165) is 12.8 Å². The predicted molar refractivity (Wildman–Crippen MR) is 125 cm³/mol. The van der Waals surface area contributed by atoms with Crippen molar-refractivity contribution in [3.63, 3.8) is 0 Å². The first kappa shape index (κ1) is 22.5. The molecule has 0 aliphatic heterocycles. The van der Waals surface area contributed by atoms with Crippen molar-refractivity contribution >= 4 is 45.7 Å². The minimum atomic E-state index is -1.12. The lowest BCUT2D eigenvalue weighted by Crippen LogP contribution is -2.15. The Bertz CT molecular complexity index is 1600. The Balaban J connectivity index is 1.39. The number of rotatable bonds is 7. The van der Waals surface area contributed by atoms with Gasteiger partial charge >= 0.3 is 0 Å². The third-order valence-electron chi connectivity index (χ3n) is 6.67. The molecule has 0 spiro atoms. The summed E-state index contributed by atoms with van der Waals surface area (Å²) >= 11 is 6.49. The fraction of sp³-hybridized carbons (Fsp3) is 0.333. The van der Waals surface area contributed by atoms with Crippen molar-refractivity contribution in [2.24, 2.45) is 11.8 Å².